The summed E-state index contributed by atoms with van der Waals surface area (Å²) >= 11 is 0. The maximum absolute atomic E-state index is 2.54. The molecular weight excluding hydrogens is 809 g/mol. The van der Waals surface area contributed by atoms with Crippen LogP contribution in [-0.4, -0.2) is 9.13 Å². The summed E-state index contributed by atoms with van der Waals surface area (Å²) in [7, 11) is 0. The zero-order valence-corrected chi connectivity index (χ0v) is 36.6. The van der Waals surface area contributed by atoms with Crippen molar-refractivity contribution in [3.8, 4) is 44.8 Å². The van der Waals surface area contributed by atoms with Gasteiger partial charge in [0, 0.05) is 32.9 Å². The molecule has 0 amide bonds. The molecule has 2 heterocycles. The van der Waals surface area contributed by atoms with Crippen molar-refractivity contribution in [1.29, 1.82) is 0 Å². The van der Waals surface area contributed by atoms with Gasteiger partial charge < -0.3 is 9.13 Å². The van der Waals surface area contributed by atoms with Crippen molar-refractivity contribution < 1.29 is 0 Å². The van der Waals surface area contributed by atoms with Crippen LogP contribution < -0.4 is 0 Å². The first-order valence-electron chi connectivity index (χ1n) is 23.3. The van der Waals surface area contributed by atoms with Gasteiger partial charge in [0.2, 0.25) is 0 Å². The lowest BCUT2D eigenvalue weighted by atomic mass is 9.67. The molecule has 0 saturated carbocycles. The lowest BCUT2D eigenvalue weighted by molar-refractivity contribution is 0.769. The van der Waals surface area contributed by atoms with E-state index < -0.39 is 5.41 Å². The number of nitrogens with zero attached hydrogens (tertiary/aromatic N) is 2. The minimum absolute atomic E-state index is 0.608. The summed E-state index contributed by atoms with van der Waals surface area (Å²) in [5, 5.41) is 7.51. The molecule has 11 aromatic carbocycles. The van der Waals surface area contributed by atoms with Gasteiger partial charge in [-0.3, -0.25) is 0 Å². The SMILES string of the molecule is c1ccc(-n2c3ccccc3c3cc(-c4ccc5c(c4)C(c4ccccc4)(c4ccccc4)c4cc(-c6ccc7c(c6)c6ccccc6n7-c6ccccc6)c6ccccc6c4-5)ccc32)cc1. The maximum Gasteiger partial charge on any atom is 0.0714 e. The van der Waals surface area contributed by atoms with E-state index in [9.17, 15) is 0 Å². The minimum Gasteiger partial charge on any atom is -0.309 e. The summed E-state index contributed by atoms with van der Waals surface area (Å²) in [4.78, 5) is 0. The Balaban J connectivity index is 1.03. The Kier molecular flexibility index (Phi) is 8.23. The highest BCUT2D eigenvalue weighted by Gasteiger charge is 2.47. The first-order valence-corrected chi connectivity index (χ1v) is 23.3. The fourth-order valence-electron chi connectivity index (χ4n) is 11.8. The third kappa shape index (κ3) is 5.45. The second-order valence-corrected chi connectivity index (χ2v) is 18.0. The standard InChI is InChI=1S/C65H42N2/c1-5-19-46(20-6-1)65(47-21-7-2-8-22-47)58-41-44(43-34-37-62-56(39-43)51-28-15-17-31-60(51)66(62)48-23-9-3-10-24-48)33-36-54(58)64-53-30-14-13-27-50(53)55(42-59(64)65)45-35-38-63-57(40-45)52-29-16-18-32-61(52)67(63)49-25-11-4-12-26-49/h1-42H. The Morgan fingerprint density at radius 1 is 0.254 bits per heavy atom. The van der Waals surface area contributed by atoms with Crippen molar-refractivity contribution in [2.24, 2.45) is 0 Å². The van der Waals surface area contributed by atoms with E-state index in [1.807, 2.05) is 0 Å². The lowest BCUT2D eigenvalue weighted by Gasteiger charge is -2.34. The van der Waals surface area contributed by atoms with E-state index in [0.29, 0.717) is 0 Å². The van der Waals surface area contributed by atoms with Crippen molar-refractivity contribution in [1.82, 2.24) is 9.13 Å². The Hall–Kier alpha value is -8.72. The van der Waals surface area contributed by atoms with Crippen LogP contribution in [0.15, 0.2) is 255 Å². The molecular formula is C65H42N2. The number of rotatable bonds is 6. The molecule has 312 valence electrons. The summed E-state index contributed by atoms with van der Waals surface area (Å²) in [6.45, 7) is 0. The smallest absolute Gasteiger partial charge is 0.0714 e. The summed E-state index contributed by atoms with van der Waals surface area (Å²) < 4.78 is 4.80. The van der Waals surface area contributed by atoms with Gasteiger partial charge in [0.05, 0.1) is 27.5 Å². The van der Waals surface area contributed by atoms with Crippen molar-refractivity contribution >= 4 is 54.4 Å². The number of hydrogen-bond acceptors (Lipinski definition) is 0. The molecule has 0 spiro atoms. The molecule has 0 saturated heterocycles. The monoisotopic (exact) mass is 850 g/mol. The zero-order valence-electron chi connectivity index (χ0n) is 36.6. The molecule has 0 bridgehead atoms. The molecule has 0 atom stereocenters. The van der Waals surface area contributed by atoms with Gasteiger partial charge in [-0.25, -0.2) is 0 Å². The highest BCUT2D eigenvalue weighted by atomic mass is 15.0. The number of para-hydroxylation sites is 4. The second-order valence-electron chi connectivity index (χ2n) is 18.0. The fraction of sp³-hybridized carbons (Fsp3) is 0.0154. The first-order chi connectivity index (χ1) is 33.3. The van der Waals surface area contributed by atoms with Gasteiger partial charge >= 0.3 is 0 Å². The highest BCUT2D eigenvalue weighted by Crippen LogP contribution is 2.60. The quantitative estimate of drug-likeness (QED) is 0.158. The van der Waals surface area contributed by atoms with Crippen LogP contribution in [0.4, 0.5) is 0 Å². The molecule has 14 rings (SSSR count). The lowest BCUT2D eigenvalue weighted by Crippen LogP contribution is -2.28. The van der Waals surface area contributed by atoms with Gasteiger partial charge in [-0.1, -0.05) is 182 Å². The maximum atomic E-state index is 2.54. The molecule has 1 aliphatic rings. The van der Waals surface area contributed by atoms with Crippen molar-refractivity contribution in [2.75, 3.05) is 0 Å². The first kappa shape index (κ1) is 37.6. The molecule has 67 heavy (non-hydrogen) atoms. The van der Waals surface area contributed by atoms with Crippen molar-refractivity contribution in [2.45, 2.75) is 5.41 Å². The van der Waals surface area contributed by atoms with Crippen LogP contribution in [-0.2, 0) is 5.41 Å². The van der Waals surface area contributed by atoms with Crippen molar-refractivity contribution in [3.63, 3.8) is 0 Å². The average Bonchev–Trinajstić information content (AvgIpc) is 4.03. The molecule has 1 aliphatic carbocycles. The average molecular weight is 851 g/mol. The van der Waals surface area contributed by atoms with Gasteiger partial charge in [0.1, 0.15) is 0 Å². The Morgan fingerprint density at radius 2 is 0.672 bits per heavy atom. The normalized spacial score (nSPS) is 12.9. The van der Waals surface area contributed by atoms with Crippen LogP contribution in [0.5, 0.6) is 0 Å². The highest BCUT2D eigenvalue weighted by molar-refractivity contribution is 6.14. The van der Waals surface area contributed by atoms with Crippen LogP contribution in [0, 0.1) is 0 Å². The van der Waals surface area contributed by atoms with Gasteiger partial charge in [-0.15, -0.1) is 0 Å². The summed E-state index contributed by atoms with van der Waals surface area (Å²) in [6, 6.07) is 94.5. The predicted octanol–water partition coefficient (Wildman–Crippen LogP) is 16.7. The van der Waals surface area contributed by atoms with Crippen LogP contribution in [0.3, 0.4) is 0 Å². The van der Waals surface area contributed by atoms with E-state index in [-0.39, 0.29) is 0 Å². The summed E-state index contributed by atoms with van der Waals surface area (Å²) in [6.07, 6.45) is 0. The Morgan fingerprint density at radius 3 is 1.24 bits per heavy atom. The van der Waals surface area contributed by atoms with E-state index in [1.165, 1.54) is 110 Å². The van der Waals surface area contributed by atoms with Crippen molar-refractivity contribution in [3.05, 3.63) is 277 Å². The van der Waals surface area contributed by atoms with Gasteiger partial charge in [0.25, 0.3) is 0 Å². The summed E-state index contributed by atoms with van der Waals surface area (Å²) in [5.74, 6) is 0. The predicted molar refractivity (Wildman–Crippen MR) is 281 cm³/mol. The molecule has 2 aromatic heterocycles. The summed E-state index contributed by atoms with van der Waals surface area (Å²) in [5.41, 5.74) is 19.1. The minimum atomic E-state index is -0.608. The van der Waals surface area contributed by atoms with Crippen LogP contribution in [0.1, 0.15) is 22.3 Å². The molecule has 0 N–H and O–H groups in total. The number of benzene rings is 11. The Bertz CT molecular complexity index is 4030. The molecule has 2 heteroatoms. The Labute approximate surface area is 388 Å². The van der Waals surface area contributed by atoms with Crippen LogP contribution >= 0.6 is 0 Å². The molecule has 0 unspecified atom stereocenters. The number of hydrogen-bond donors (Lipinski definition) is 0. The third-order valence-corrected chi connectivity index (χ3v) is 14.6. The molecule has 2 nitrogen and oxygen atoms in total. The van der Waals surface area contributed by atoms with E-state index in [1.54, 1.807) is 0 Å². The van der Waals surface area contributed by atoms with E-state index in [2.05, 4.69) is 264 Å². The topological polar surface area (TPSA) is 9.86 Å². The molecule has 0 fully saturated rings. The fourth-order valence-corrected chi connectivity index (χ4v) is 11.8. The second kappa shape index (κ2) is 14.7. The molecule has 0 aliphatic heterocycles. The van der Waals surface area contributed by atoms with Crippen LogP contribution in [0.2, 0.25) is 0 Å². The molecule has 13 aromatic rings. The van der Waals surface area contributed by atoms with E-state index >= 15 is 0 Å². The van der Waals surface area contributed by atoms with E-state index in [4.69, 9.17) is 0 Å². The largest absolute Gasteiger partial charge is 0.309 e. The number of aromatic nitrogens is 2. The third-order valence-electron chi connectivity index (χ3n) is 14.6. The van der Waals surface area contributed by atoms with Gasteiger partial charge in [0.15, 0.2) is 0 Å². The zero-order chi connectivity index (χ0) is 44.1. The molecule has 0 radical (unpaired) electrons. The van der Waals surface area contributed by atoms with Gasteiger partial charge in [-0.05, 0) is 139 Å². The van der Waals surface area contributed by atoms with Crippen LogP contribution in [0.25, 0.3) is 99.1 Å². The van der Waals surface area contributed by atoms with E-state index in [0.717, 1.165) is 11.4 Å². The van der Waals surface area contributed by atoms with Gasteiger partial charge in [-0.2, -0.15) is 0 Å². The number of fused-ring (bicyclic) bond motifs is 11.